The first-order chi connectivity index (χ1) is 22.7. The van der Waals surface area contributed by atoms with Crippen LogP contribution in [0.4, 0.5) is 10.5 Å². The van der Waals surface area contributed by atoms with Crippen LogP contribution in [0.2, 0.25) is 10.0 Å². The van der Waals surface area contributed by atoms with Crippen molar-refractivity contribution >= 4 is 56.8 Å². The summed E-state index contributed by atoms with van der Waals surface area (Å²) in [6, 6.07) is 18.4. The SMILES string of the molecule is CC(C)(C)OC(=O)N1CCC(CNC(=O)CNC(=O)CC2c3ccccc3-c3ccccc3N2S(=O)(=O)Cc2ccc(Cl)c(Cl)c2)CC1. The maximum absolute atomic E-state index is 14.2. The van der Waals surface area contributed by atoms with Crippen molar-refractivity contribution < 1.29 is 27.5 Å². The molecular weight excluding hydrogens is 675 g/mol. The number of rotatable bonds is 9. The molecule has 0 saturated carbocycles. The Morgan fingerprint density at radius 1 is 0.875 bits per heavy atom. The summed E-state index contributed by atoms with van der Waals surface area (Å²) >= 11 is 12.3. The van der Waals surface area contributed by atoms with Crippen molar-refractivity contribution in [1.29, 1.82) is 0 Å². The summed E-state index contributed by atoms with van der Waals surface area (Å²) in [5, 5.41) is 6.12. The van der Waals surface area contributed by atoms with Gasteiger partial charge in [-0.1, -0.05) is 71.7 Å². The molecule has 0 aromatic heterocycles. The van der Waals surface area contributed by atoms with E-state index >= 15 is 0 Å². The number of hydrogen-bond acceptors (Lipinski definition) is 6. The summed E-state index contributed by atoms with van der Waals surface area (Å²) in [6.07, 6.45) is 0.905. The van der Waals surface area contributed by atoms with E-state index in [0.717, 1.165) is 24.0 Å². The van der Waals surface area contributed by atoms with Gasteiger partial charge in [0, 0.05) is 25.2 Å². The van der Waals surface area contributed by atoms with Gasteiger partial charge < -0.3 is 20.3 Å². The normalized spacial score (nSPS) is 16.5. The van der Waals surface area contributed by atoms with E-state index in [2.05, 4.69) is 10.6 Å². The van der Waals surface area contributed by atoms with Crippen LogP contribution in [-0.2, 0) is 30.1 Å². The van der Waals surface area contributed by atoms with Crippen molar-refractivity contribution in [2.45, 2.75) is 57.4 Å². The van der Waals surface area contributed by atoms with Crippen LogP contribution < -0.4 is 14.9 Å². The average Bonchev–Trinajstić information content (AvgIpc) is 3.03. The molecule has 0 radical (unpaired) electrons. The first-order valence-electron chi connectivity index (χ1n) is 15.9. The number of likely N-dealkylation sites (tertiary alicyclic amines) is 1. The van der Waals surface area contributed by atoms with Gasteiger partial charge in [0.1, 0.15) is 5.60 Å². The van der Waals surface area contributed by atoms with Crippen molar-refractivity contribution in [3.63, 3.8) is 0 Å². The van der Waals surface area contributed by atoms with Gasteiger partial charge >= 0.3 is 6.09 Å². The number of piperidine rings is 1. The molecule has 2 aliphatic heterocycles. The number of sulfonamides is 1. The molecule has 1 saturated heterocycles. The standard InChI is InChI=1S/C35H40Cl2N4O6S/c1-35(2,3)47-34(44)40-16-14-23(15-17-40)20-38-33(43)21-39-32(42)19-31-27-10-5-4-8-25(27)26-9-6-7-11-30(26)41(31)48(45,46)22-24-12-13-28(36)29(37)18-24/h4-13,18,23,31H,14-17,19-22H2,1-3H3,(H,38,43)(H,39,42). The molecule has 3 amide bonds. The van der Waals surface area contributed by atoms with E-state index in [1.54, 1.807) is 29.2 Å². The van der Waals surface area contributed by atoms with Crippen LogP contribution in [0.25, 0.3) is 11.1 Å². The third-order valence-corrected chi connectivity index (χ3v) is 10.8. The van der Waals surface area contributed by atoms with Crippen molar-refractivity contribution in [2.75, 3.05) is 30.5 Å². The number of anilines is 1. The number of para-hydroxylation sites is 1. The van der Waals surface area contributed by atoms with Gasteiger partial charge in [0.15, 0.2) is 0 Å². The zero-order valence-electron chi connectivity index (χ0n) is 27.2. The topological polar surface area (TPSA) is 125 Å². The highest BCUT2D eigenvalue weighted by Crippen LogP contribution is 2.47. The zero-order chi connectivity index (χ0) is 34.6. The highest BCUT2D eigenvalue weighted by molar-refractivity contribution is 7.92. The molecule has 13 heteroatoms. The monoisotopic (exact) mass is 714 g/mol. The number of amides is 3. The molecule has 2 heterocycles. The van der Waals surface area contributed by atoms with E-state index in [0.29, 0.717) is 41.5 Å². The van der Waals surface area contributed by atoms with Gasteiger partial charge in [-0.25, -0.2) is 13.2 Å². The Balaban J connectivity index is 1.23. The molecule has 2 N–H and O–H groups in total. The third kappa shape index (κ3) is 8.61. The van der Waals surface area contributed by atoms with Crippen LogP contribution in [0.15, 0.2) is 66.7 Å². The lowest BCUT2D eigenvalue weighted by Crippen LogP contribution is -2.45. The first-order valence-corrected chi connectivity index (χ1v) is 18.2. The van der Waals surface area contributed by atoms with Gasteiger partial charge in [-0.2, -0.15) is 0 Å². The second-order valence-electron chi connectivity index (χ2n) is 13.1. The molecule has 1 unspecified atom stereocenters. The molecule has 0 bridgehead atoms. The van der Waals surface area contributed by atoms with E-state index in [1.807, 2.05) is 57.2 Å². The van der Waals surface area contributed by atoms with E-state index < -0.39 is 27.6 Å². The number of carbonyl (C=O) groups is 3. The van der Waals surface area contributed by atoms with Crippen LogP contribution in [0.5, 0.6) is 0 Å². The molecular formula is C35H40Cl2N4O6S. The maximum Gasteiger partial charge on any atom is 0.410 e. The number of benzene rings is 3. The summed E-state index contributed by atoms with van der Waals surface area (Å²) in [4.78, 5) is 40.1. The van der Waals surface area contributed by atoms with Crippen molar-refractivity contribution in [2.24, 2.45) is 5.92 Å². The number of nitrogens with zero attached hydrogens (tertiary/aromatic N) is 2. The fourth-order valence-corrected chi connectivity index (χ4v) is 8.16. The van der Waals surface area contributed by atoms with Crippen LogP contribution >= 0.6 is 23.2 Å². The molecule has 2 aliphatic rings. The molecule has 48 heavy (non-hydrogen) atoms. The van der Waals surface area contributed by atoms with Crippen LogP contribution in [0.3, 0.4) is 0 Å². The Hall–Kier alpha value is -3.80. The average molecular weight is 716 g/mol. The lowest BCUT2D eigenvalue weighted by molar-refractivity contribution is -0.126. The maximum atomic E-state index is 14.2. The second kappa shape index (κ2) is 14.8. The first kappa shape index (κ1) is 35.5. The van der Waals surface area contributed by atoms with Gasteiger partial charge in [-0.05, 0) is 74.4 Å². The van der Waals surface area contributed by atoms with E-state index in [1.165, 1.54) is 10.4 Å². The summed E-state index contributed by atoms with van der Waals surface area (Å²) in [5.74, 6) is -0.991. The molecule has 0 spiro atoms. The number of hydrogen-bond donors (Lipinski definition) is 2. The van der Waals surface area contributed by atoms with Crippen LogP contribution in [0.1, 0.15) is 57.2 Å². The van der Waals surface area contributed by atoms with E-state index in [-0.39, 0.29) is 41.7 Å². The summed E-state index contributed by atoms with van der Waals surface area (Å²) < 4.78 is 35.1. The second-order valence-corrected chi connectivity index (χ2v) is 15.8. The predicted octanol–water partition coefficient (Wildman–Crippen LogP) is 6.32. The Bertz CT molecular complexity index is 1790. The number of ether oxygens (including phenoxy) is 1. The predicted molar refractivity (Wildman–Crippen MR) is 187 cm³/mol. The minimum Gasteiger partial charge on any atom is -0.444 e. The molecule has 1 fully saturated rings. The minimum atomic E-state index is -4.05. The molecule has 3 aromatic carbocycles. The van der Waals surface area contributed by atoms with Crippen molar-refractivity contribution in [3.8, 4) is 11.1 Å². The molecule has 256 valence electrons. The fraction of sp³-hybridized carbons (Fsp3) is 0.400. The van der Waals surface area contributed by atoms with Gasteiger partial charge in [0.05, 0.1) is 40.5 Å². The molecule has 1 atom stereocenters. The van der Waals surface area contributed by atoms with Gasteiger partial charge in [-0.3, -0.25) is 13.9 Å². The minimum absolute atomic E-state index is 0.191. The molecule has 10 nitrogen and oxygen atoms in total. The van der Waals surface area contributed by atoms with Crippen LogP contribution in [0, 0.1) is 5.92 Å². The molecule has 0 aliphatic carbocycles. The third-order valence-electron chi connectivity index (χ3n) is 8.35. The number of fused-ring (bicyclic) bond motifs is 3. The number of nitrogens with one attached hydrogen (secondary N) is 2. The smallest absolute Gasteiger partial charge is 0.410 e. The van der Waals surface area contributed by atoms with E-state index in [9.17, 15) is 22.8 Å². The number of carbonyl (C=O) groups excluding carboxylic acids is 3. The van der Waals surface area contributed by atoms with Crippen molar-refractivity contribution in [3.05, 3.63) is 87.9 Å². The Labute approximate surface area is 291 Å². The summed E-state index contributed by atoms with van der Waals surface area (Å²) in [6.45, 7) is 6.75. The van der Waals surface area contributed by atoms with Crippen LogP contribution in [-0.4, -0.2) is 63.0 Å². The van der Waals surface area contributed by atoms with Gasteiger partial charge in [0.25, 0.3) is 0 Å². The summed E-state index contributed by atoms with van der Waals surface area (Å²) in [5.41, 5.74) is 2.61. The van der Waals surface area contributed by atoms with Gasteiger partial charge in [-0.15, -0.1) is 0 Å². The fourth-order valence-electron chi connectivity index (χ4n) is 6.06. The Morgan fingerprint density at radius 2 is 1.54 bits per heavy atom. The molecule has 3 aromatic rings. The zero-order valence-corrected chi connectivity index (χ0v) is 29.5. The van der Waals surface area contributed by atoms with E-state index in [4.69, 9.17) is 27.9 Å². The van der Waals surface area contributed by atoms with Gasteiger partial charge in [0.2, 0.25) is 21.8 Å². The molecule has 5 rings (SSSR count). The summed E-state index contributed by atoms with van der Waals surface area (Å²) in [7, 11) is -4.05. The Kier molecular flexibility index (Phi) is 10.9. The Morgan fingerprint density at radius 3 is 2.23 bits per heavy atom. The largest absolute Gasteiger partial charge is 0.444 e. The van der Waals surface area contributed by atoms with Crippen molar-refractivity contribution in [1.82, 2.24) is 15.5 Å². The highest BCUT2D eigenvalue weighted by Gasteiger charge is 2.39. The highest BCUT2D eigenvalue weighted by atomic mass is 35.5. The lowest BCUT2D eigenvalue weighted by atomic mass is 9.88. The lowest BCUT2D eigenvalue weighted by Gasteiger charge is -2.39. The quantitative estimate of drug-likeness (QED) is 0.267. The number of halogens is 2.